The molecule has 60 heavy (non-hydrogen) atoms. The molecule has 11 rings (SSSR count). The monoisotopic (exact) mass is 774 g/mol. The molecule has 1 aromatic heterocycles. The topological polar surface area (TPSA) is 8.17 Å². The number of aromatic nitrogens is 1. The molecule has 0 fully saturated rings. The fraction of sp³-hybridized carbons (Fsp3) is 0. The number of para-hydroxylation sites is 3. The quantitative estimate of drug-likeness (QED) is 0.146. The predicted molar refractivity (Wildman–Crippen MR) is 247 cm³/mol. The molecule has 0 aliphatic carbocycles. The SMILES string of the molecule is Fc1ccccc1N(c1ccc(-c2ccc3c(c2)c2ccccc2n3-c2ccc(-c3c4ccccc4c(-c4ccccc4)c4ccccc34)cc2)cc1)c1ccccc1F. The van der Waals surface area contributed by atoms with Crippen molar-refractivity contribution in [1.82, 2.24) is 4.57 Å². The van der Waals surface area contributed by atoms with Crippen LogP contribution in [0.4, 0.5) is 25.8 Å². The van der Waals surface area contributed by atoms with E-state index in [1.165, 1.54) is 55.9 Å². The van der Waals surface area contributed by atoms with E-state index in [0.717, 1.165) is 38.6 Å². The standard InChI is InChI=1S/C56H36F2N2/c57-49-21-9-12-24-53(49)60(54-25-13-10-22-50(54)58)42-31-26-37(27-32-42)40-30-35-52-48(36-40)43-16-8-11-23-51(43)59(52)41-33-28-39(29-34-41)56-46-19-6-4-17-44(46)55(38-14-2-1-3-15-38)45-18-5-7-20-47(45)56/h1-36H. The van der Waals surface area contributed by atoms with E-state index in [0.29, 0.717) is 5.69 Å². The molecule has 11 aromatic rings. The summed E-state index contributed by atoms with van der Waals surface area (Å²) in [4.78, 5) is 1.63. The van der Waals surface area contributed by atoms with Gasteiger partial charge in [0.1, 0.15) is 11.6 Å². The molecule has 0 radical (unpaired) electrons. The zero-order chi connectivity index (χ0) is 40.2. The van der Waals surface area contributed by atoms with Crippen LogP contribution in [0.15, 0.2) is 218 Å². The Hall–Kier alpha value is -7.82. The van der Waals surface area contributed by atoms with Gasteiger partial charge in [-0.2, -0.15) is 0 Å². The summed E-state index contributed by atoms with van der Waals surface area (Å²) in [7, 11) is 0. The molecule has 0 saturated carbocycles. The van der Waals surface area contributed by atoms with Crippen molar-refractivity contribution in [3.8, 4) is 39.1 Å². The van der Waals surface area contributed by atoms with Gasteiger partial charge in [0.05, 0.1) is 22.4 Å². The molecule has 0 spiro atoms. The minimum atomic E-state index is -0.430. The number of anilines is 3. The molecule has 0 saturated heterocycles. The van der Waals surface area contributed by atoms with E-state index in [2.05, 4.69) is 150 Å². The average Bonchev–Trinajstić information content (AvgIpc) is 3.64. The number of halogens is 2. The molecule has 0 unspecified atom stereocenters. The minimum absolute atomic E-state index is 0.278. The summed E-state index contributed by atoms with van der Waals surface area (Å²) in [5, 5.41) is 7.24. The van der Waals surface area contributed by atoms with Crippen LogP contribution in [-0.4, -0.2) is 4.57 Å². The third-order valence-electron chi connectivity index (χ3n) is 11.7. The predicted octanol–water partition coefficient (Wildman–Crippen LogP) is 15.8. The van der Waals surface area contributed by atoms with Crippen LogP contribution in [0, 0.1) is 11.6 Å². The second-order valence-electron chi connectivity index (χ2n) is 15.1. The molecule has 0 N–H and O–H groups in total. The lowest BCUT2D eigenvalue weighted by atomic mass is 9.86. The third kappa shape index (κ3) is 5.84. The van der Waals surface area contributed by atoms with Crippen molar-refractivity contribution in [3.63, 3.8) is 0 Å². The summed E-state index contributed by atoms with van der Waals surface area (Å²) in [6.45, 7) is 0. The highest BCUT2D eigenvalue weighted by molar-refractivity contribution is 6.21. The molecule has 2 nitrogen and oxygen atoms in total. The Kier molecular flexibility index (Phi) is 8.56. The van der Waals surface area contributed by atoms with E-state index >= 15 is 8.78 Å². The van der Waals surface area contributed by atoms with Crippen molar-refractivity contribution in [3.05, 3.63) is 230 Å². The van der Waals surface area contributed by atoms with Crippen LogP contribution in [0.25, 0.3) is 82.4 Å². The highest BCUT2D eigenvalue weighted by Gasteiger charge is 2.21. The number of hydrogen-bond acceptors (Lipinski definition) is 1. The van der Waals surface area contributed by atoms with E-state index in [1.807, 2.05) is 24.3 Å². The lowest BCUT2D eigenvalue weighted by Gasteiger charge is -2.26. The summed E-state index contributed by atoms with van der Waals surface area (Å²) in [5.74, 6) is -0.860. The van der Waals surface area contributed by atoms with Crippen molar-refractivity contribution in [2.75, 3.05) is 4.90 Å². The van der Waals surface area contributed by atoms with Crippen LogP contribution in [0.1, 0.15) is 0 Å². The molecule has 0 aliphatic rings. The largest absolute Gasteiger partial charge is 0.309 e. The first-order chi connectivity index (χ1) is 29.6. The first-order valence-corrected chi connectivity index (χ1v) is 20.1. The molecule has 284 valence electrons. The van der Waals surface area contributed by atoms with Gasteiger partial charge in [-0.1, -0.05) is 152 Å². The fourth-order valence-electron chi connectivity index (χ4n) is 9.04. The van der Waals surface area contributed by atoms with Gasteiger partial charge < -0.3 is 9.47 Å². The van der Waals surface area contributed by atoms with Crippen molar-refractivity contribution < 1.29 is 8.78 Å². The lowest BCUT2D eigenvalue weighted by Crippen LogP contribution is -2.13. The Morgan fingerprint density at radius 3 is 1.32 bits per heavy atom. The van der Waals surface area contributed by atoms with Gasteiger partial charge in [-0.3, -0.25) is 0 Å². The van der Waals surface area contributed by atoms with Crippen LogP contribution < -0.4 is 4.90 Å². The lowest BCUT2D eigenvalue weighted by molar-refractivity contribution is 0.619. The minimum Gasteiger partial charge on any atom is -0.309 e. The van der Waals surface area contributed by atoms with Crippen molar-refractivity contribution in [2.24, 2.45) is 0 Å². The van der Waals surface area contributed by atoms with Crippen LogP contribution in [0.3, 0.4) is 0 Å². The van der Waals surface area contributed by atoms with Crippen molar-refractivity contribution >= 4 is 60.4 Å². The summed E-state index contributed by atoms with van der Waals surface area (Å²) in [6.07, 6.45) is 0. The number of nitrogens with zero attached hydrogens (tertiary/aromatic N) is 2. The van der Waals surface area contributed by atoms with Crippen molar-refractivity contribution in [2.45, 2.75) is 0 Å². The smallest absolute Gasteiger partial charge is 0.147 e. The van der Waals surface area contributed by atoms with Crippen LogP contribution in [0.2, 0.25) is 0 Å². The fourth-order valence-corrected chi connectivity index (χ4v) is 9.04. The van der Waals surface area contributed by atoms with E-state index in [1.54, 1.807) is 41.3 Å². The molecule has 10 aromatic carbocycles. The van der Waals surface area contributed by atoms with Crippen LogP contribution in [0.5, 0.6) is 0 Å². The Morgan fingerprint density at radius 2 is 0.750 bits per heavy atom. The summed E-state index contributed by atoms with van der Waals surface area (Å²) in [6, 6.07) is 73.1. The van der Waals surface area contributed by atoms with Crippen molar-refractivity contribution in [1.29, 1.82) is 0 Å². The number of benzene rings is 10. The first-order valence-electron chi connectivity index (χ1n) is 20.1. The molecule has 4 heteroatoms. The van der Waals surface area contributed by atoms with Crippen LogP contribution in [-0.2, 0) is 0 Å². The third-order valence-corrected chi connectivity index (χ3v) is 11.7. The van der Waals surface area contributed by atoms with Gasteiger partial charge in [-0.15, -0.1) is 0 Å². The van der Waals surface area contributed by atoms with E-state index in [9.17, 15) is 0 Å². The molecule has 0 atom stereocenters. The summed E-state index contributed by atoms with van der Waals surface area (Å²) < 4.78 is 32.7. The molecular formula is C56H36F2N2. The van der Waals surface area contributed by atoms with Crippen LogP contribution >= 0.6 is 0 Å². The zero-order valence-corrected chi connectivity index (χ0v) is 32.4. The average molecular weight is 775 g/mol. The zero-order valence-electron chi connectivity index (χ0n) is 32.4. The second-order valence-corrected chi connectivity index (χ2v) is 15.1. The maximum Gasteiger partial charge on any atom is 0.147 e. The van der Waals surface area contributed by atoms with E-state index in [4.69, 9.17) is 0 Å². The van der Waals surface area contributed by atoms with Gasteiger partial charge in [0.15, 0.2) is 0 Å². The highest BCUT2D eigenvalue weighted by atomic mass is 19.1. The van der Waals surface area contributed by atoms with Gasteiger partial charge in [0.25, 0.3) is 0 Å². The number of hydrogen-bond donors (Lipinski definition) is 0. The normalized spacial score (nSPS) is 11.5. The highest BCUT2D eigenvalue weighted by Crippen LogP contribution is 2.44. The molecule has 0 bridgehead atoms. The Labute approximate surface area is 346 Å². The maximum atomic E-state index is 15.2. The molecule has 0 aliphatic heterocycles. The summed E-state index contributed by atoms with van der Waals surface area (Å²) in [5.41, 5.74) is 11.5. The Balaban J connectivity index is 0.994. The van der Waals surface area contributed by atoms with Gasteiger partial charge in [0.2, 0.25) is 0 Å². The van der Waals surface area contributed by atoms with Gasteiger partial charge in [-0.25, -0.2) is 8.78 Å². The maximum absolute atomic E-state index is 15.2. The Bertz CT molecular complexity index is 3280. The molecular weight excluding hydrogens is 739 g/mol. The van der Waals surface area contributed by atoms with Gasteiger partial charge in [-0.05, 0) is 122 Å². The Morgan fingerprint density at radius 1 is 0.317 bits per heavy atom. The second kappa shape index (κ2) is 14.5. The molecule has 1 heterocycles. The molecule has 0 amide bonds. The van der Waals surface area contributed by atoms with Gasteiger partial charge in [0, 0.05) is 22.1 Å². The van der Waals surface area contributed by atoms with E-state index in [-0.39, 0.29) is 11.4 Å². The van der Waals surface area contributed by atoms with Gasteiger partial charge >= 0.3 is 0 Å². The number of fused-ring (bicyclic) bond motifs is 5. The first kappa shape index (κ1) is 35.4. The van der Waals surface area contributed by atoms with E-state index < -0.39 is 11.6 Å². The number of rotatable bonds is 7. The summed E-state index contributed by atoms with van der Waals surface area (Å²) >= 11 is 0.